The smallest absolute Gasteiger partial charge is 0.240 e. The van der Waals surface area contributed by atoms with Crippen LogP contribution in [-0.2, 0) is 10.0 Å². The van der Waals surface area contributed by atoms with Crippen molar-refractivity contribution in [2.24, 2.45) is 16.8 Å². The van der Waals surface area contributed by atoms with Crippen LogP contribution in [0.2, 0.25) is 0 Å². The number of aliphatic imine (C=N–C) groups is 1. The van der Waals surface area contributed by atoms with Crippen molar-refractivity contribution in [2.75, 3.05) is 25.5 Å². The molecule has 2 aromatic rings. The zero-order valence-corrected chi connectivity index (χ0v) is 18.7. The van der Waals surface area contributed by atoms with Crippen LogP contribution in [0.15, 0.2) is 64.5 Å². The van der Waals surface area contributed by atoms with Crippen molar-refractivity contribution in [3.63, 3.8) is 0 Å². The Morgan fingerprint density at radius 3 is 2.26 bits per heavy atom. The van der Waals surface area contributed by atoms with E-state index in [1.807, 2.05) is 18.2 Å². The van der Waals surface area contributed by atoms with Gasteiger partial charge in [-0.1, -0.05) is 30.3 Å². The topological polar surface area (TPSA) is 94.6 Å². The Kier molecular flexibility index (Phi) is 6.89. The quantitative estimate of drug-likeness (QED) is 0.530. The van der Waals surface area contributed by atoms with Crippen molar-refractivity contribution in [3.8, 4) is 0 Å². The minimum Gasteiger partial charge on any atom is -0.352 e. The molecule has 0 aromatic heterocycles. The number of nitrogens with zero attached hydrogens (tertiary/aromatic N) is 1. The molecule has 0 saturated heterocycles. The summed E-state index contributed by atoms with van der Waals surface area (Å²) in [7, 11) is -1.62. The average molecular weight is 442 g/mol. The molecule has 0 amide bonds. The van der Waals surface area contributed by atoms with Gasteiger partial charge >= 0.3 is 0 Å². The van der Waals surface area contributed by atoms with E-state index in [2.05, 4.69) is 37.8 Å². The average Bonchev–Trinajstić information content (AvgIpc) is 2.82. The lowest BCUT2D eigenvalue weighted by Crippen LogP contribution is -2.55. The number of para-hydroxylation sites is 1. The van der Waals surface area contributed by atoms with Gasteiger partial charge in [-0.2, -0.15) is 0 Å². The van der Waals surface area contributed by atoms with Gasteiger partial charge in [-0.05, 0) is 61.8 Å². The van der Waals surface area contributed by atoms with Crippen molar-refractivity contribution in [3.05, 3.63) is 60.2 Å². The molecule has 1 atom stereocenters. The molecule has 1 saturated carbocycles. The molecule has 1 fully saturated rings. The number of rotatable bonds is 7. The first-order valence-electron chi connectivity index (χ1n) is 10.9. The molecule has 0 radical (unpaired) electrons. The molecule has 166 valence electrons. The van der Waals surface area contributed by atoms with Gasteiger partial charge in [-0.15, -0.1) is 0 Å². The SMILES string of the molecule is CN=C1NC(NCC2CCC(CNS(=O)(=O)c3ccccc3)CC2)Nc2ccccc21. The molecule has 4 N–H and O–H groups in total. The van der Waals surface area contributed by atoms with E-state index in [4.69, 9.17) is 0 Å². The van der Waals surface area contributed by atoms with E-state index in [-0.39, 0.29) is 6.29 Å². The monoisotopic (exact) mass is 441 g/mol. The molecule has 1 unspecified atom stereocenters. The lowest BCUT2D eigenvalue weighted by atomic mass is 9.82. The third kappa shape index (κ3) is 5.44. The van der Waals surface area contributed by atoms with Gasteiger partial charge in [0.05, 0.1) is 4.90 Å². The van der Waals surface area contributed by atoms with Crippen LogP contribution in [0, 0.1) is 11.8 Å². The second-order valence-electron chi connectivity index (χ2n) is 8.30. The molecule has 0 spiro atoms. The van der Waals surface area contributed by atoms with Crippen molar-refractivity contribution in [2.45, 2.75) is 36.9 Å². The number of benzene rings is 2. The highest BCUT2D eigenvalue weighted by atomic mass is 32.2. The first-order chi connectivity index (χ1) is 15.0. The van der Waals surface area contributed by atoms with Crippen molar-refractivity contribution >= 4 is 21.5 Å². The summed E-state index contributed by atoms with van der Waals surface area (Å²) in [5, 5.41) is 10.5. The highest BCUT2D eigenvalue weighted by molar-refractivity contribution is 7.89. The highest BCUT2D eigenvalue weighted by Gasteiger charge is 2.25. The van der Waals surface area contributed by atoms with Gasteiger partial charge in [0.15, 0.2) is 6.29 Å². The molecule has 7 nitrogen and oxygen atoms in total. The van der Waals surface area contributed by atoms with E-state index >= 15 is 0 Å². The third-order valence-electron chi connectivity index (χ3n) is 6.18. The minimum atomic E-state index is -3.42. The van der Waals surface area contributed by atoms with Crippen LogP contribution in [0.5, 0.6) is 0 Å². The van der Waals surface area contributed by atoms with Crippen LogP contribution < -0.4 is 20.7 Å². The molecule has 1 aliphatic carbocycles. The van der Waals surface area contributed by atoms with Gasteiger partial charge < -0.3 is 10.6 Å². The minimum absolute atomic E-state index is 0.0518. The second kappa shape index (κ2) is 9.80. The first-order valence-corrected chi connectivity index (χ1v) is 12.4. The molecule has 2 aliphatic rings. The molecule has 0 bridgehead atoms. The summed E-state index contributed by atoms with van der Waals surface area (Å²) < 4.78 is 27.6. The van der Waals surface area contributed by atoms with Crippen LogP contribution in [-0.4, -0.2) is 40.7 Å². The van der Waals surface area contributed by atoms with E-state index in [0.29, 0.717) is 23.3 Å². The Hall–Kier alpha value is -2.42. The number of fused-ring (bicyclic) bond motifs is 1. The molecule has 1 aliphatic heterocycles. The lowest BCUT2D eigenvalue weighted by Gasteiger charge is -2.33. The van der Waals surface area contributed by atoms with E-state index in [0.717, 1.165) is 49.3 Å². The Bertz CT molecular complexity index is 1000. The summed E-state index contributed by atoms with van der Waals surface area (Å²) in [6, 6.07) is 16.7. The fourth-order valence-corrected chi connectivity index (χ4v) is 5.48. The van der Waals surface area contributed by atoms with E-state index in [1.54, 1.807) is 31.3 Å². The predicted molar refractivity (Wildman–Crippen MR) is 125 cm³/mol. The summed E-state index contributed by atoms with van der Waals surface area (Å²) in [6.45, 7) is 1.42. The number of anilines is 1. The Morgan fingerprint density at radius 1 is 0.903 bits per heavy atom. The molecular formula is C23H31N5O2S. The van der Waals surface area contributed by atoms with Gasteiger partial charge in [0.2, 0.25) is 10.0 Å². The molecule has 8 heteroatoms. The standard InChI is InChI=1S/C23H31N5O2S/c1-24-22-20-9-5-6-10-21(20)27-23(28-22)25-15-17-11-13-18(14-12-17)16-26-31(29,30)19-7-3-2-4-8-19/h2-10,17-18,23,25-27H,11-16H2,1H3,(H,24,28). The van der Waals surface area contributed by atoms with Crippen molar-refractivity contribution < 1.29 is 8.42 Å². The zero-order chi connectivity index (χ0) is 21.7. The number of amidine groups is 1. The maximum atomic E-state index is 12.4. The van der Waals surface area contributed by atoms with Gasteiger partial charge in [0.25, 0.3) is 0 Å². The molecule has 31 heavy (non-hydrogen) atoms. The lowest BCUT2D eigenvalue weighted by molar-refractivity contribution is 0.262. The van der Waals surface area contributed by atoms with Gasteiger partial charge in [-0.25, -0.2) is 13.1 Å². The number of hydrogen-bond donors (Lipinski definition) is 4. The predicted octanol–water partition coefficient (Wildman–Crippen LogP) is 2.74. The van der Waals surface area contributed by atoms with E-state index < -0.39 is 10.0 Å². The van der Waals surface area contributed by atoms with Crippen LogP contribution in [0.1, 0.15) is 31.2 Å². The highest BCUT2D eigenvalue weighted by Crippen LogP contribution is 2.28. The second-order valence-corrected chi connectivity index (χ2v) is 10.1. The summed E-state index contributed by atoms with van der Waals surface area (Å²) in [6.07, 6.45) is 4.23. The van der Waals surface area contributed by atoms with E-state index in [9.17, 15) is 8.42 Å². The summed E-state index contributed by atoms with van der Waals surface area (Å²) in [4.78, 5) is 4.71. The van der Waals surface area contributed by atoms with E-state index in [1.165, 1.54) is 0 Å². The Labute approximate surface area is 184 Å². The maximum absolute atomic E-state index is 12.4. The van der Waals surface area contributed by atoms with Crippen molar-refractivity contribution in [1.82, 2.24) is 15.4 Å². The third-order valence-corrected chi connectivity index (χ3v) is 7.62. The molecule has 2 aromatic carbocycles. The zero-order valence-electron chi connectivity index (χ0n) is 17.8. The fourth-order valence-electron chi connectivity index (χ4n) is 4.34. The number of nitrogens with one attached hydrogen (secondary N) is 4. The summed E-state index contributed by atoms with van der Waals surface area (Å²) >= 11 is 0. The Morgan fingerprint density at radius 2 is 1.55 bits per heavy atom. The normalized spacial score (nSPS) is 24.8. The summed E-state index contributed by atoms with van der Waals surface area (Å²) in [5.41, 5.74) is 2.16. The molecule has 1 heterocycles. The van der Waals surface area contributed by atoms with Gasteiger partial charge in [0.1, 0.15) is 5.84 Å². The van der Waals surface area contributed by atoms with Gasteiger partial charge in [-0.3, -0.25) is 10.3 Å². The first kappa shape index (κ1) is 21.8. The molecule has 4 rings (SSSR count). The number of hydrogen-bond acceptors (Lipinski definition) is 5. The summed E-state index contributed by atoms with van der Waals surface area (Å²) in [5.74, 6) is 1.87. The number of sulfonamides is 1. The fraction of sp³-hybridized carbons (Fsp3) is 0.435. The van der Waals surface area contributed by atoms with Crippen LogP contribution in [0.3, 0.4) is 0 Å². The van der Waals surface area contributed by atoms with Crippen molar-refractivity contribution in [1.29, 1.82) is 0 Å². The Balaban J connectivity index is 1.21. The maximum Gasteiger partial charge on any atom is 0.240 e. The largest absolute Gasteiger partial charge is 0.352 e. The van der Waals surface area contributed by atoms with Crippen LogP contribution in [0.25, 0.3) is 0 Å². The van der Waals surface area contributed by atoms with Crippen LogP contribution >= 0.6 is 0 Å². The van der Waals surface area contributed by atoms with Crippen LogP contribution in [0.4, 0.5) is 5.69 Å². The molecular weight excluding hydrogens is 410 g/mol. The van der Waals surface area contributed by atoms with Gasteiger partial charge in [0, 0.05) is 31.4 Å².